The highest BCUT2D eigenvalue weighted by atomic mass is 14.9. The lowest BCUT2D eigenvalue weighted by Gasteiger charge is -2.28. The molecule has 0 bridgehead atoms. The van der Waals surface area contributed by atoms with Crippen LogP contribution in [0.5, 0.6) is 0 Å². The van der Waals surface area contributed by atoms with E-state index in [4.69, 9.17) is 0 Å². The summed E-state index contributed by atoms with van der Waals surface area (Å²) < 4.78 is 0. The number of nitrogens with one attached hydrogen (secondary N) is 1. The second-order valence-corrected chi connectivity index (χ2v) is 5.93. The Balaban J connectivity index is 3.65. The first-order valence-electron chi connectivity index (χ1n) is 6.83. The Hall–Kier alpha value is -0.460. The van der Waals surface area contributed by atoms with E-state index in [1.54, 1.807) is 0 Å². The summed E-state index contributed by atoms with van der Waals surface area (Å²) in [6, 6.07) is 0. The van der Waals surface area contributed by atoms with Gasteiger partial charge in [-0.25, -0.2) is 0 Å². The molecule has 0 saturated carbocycles. The molecule has 0 saturated heterocycles. The van der Waals surface area contributed by atoms with Crippen molar-refractivity contribution in [2.45, 2.75) is 66.7 Å². The molecule has 0 amide bonds. The summed E-state index contributed by atoms with van der Waals surface area (Å²) in [4.78, 5) is 0. The molecule has 0 spiro atoms. The first-order chi connectivity index (χ1) is 7.40. The van der Waals surface area contributed by atoms with Gasteiger partial charge >= 0.3 is 0 Å². The smallest absolute Gasteiger partial charge is 0.0143 e. The minimum Gasteiger partial charge on any atom is -0.388 e. The Bertz CT molecular complexity index is 192. The third-order valence-electron chi connectivity index (χ3n) is 3.24. The standard InChI is InChI=1S/C15H31N/c1-7-11-15(5,6)14(4)16-12-9-8-10-13(2)3/h13,16H,4,7-12H2,1-3,5-6H3. The molecule has 1 heteroatoms. The quantitative estimate of drug-likeness (QED) is 0.559. The SMILES string of the molecule is C=C(NCCCCC(C)C)C(C)(C)CCC. The fraction of sp³-hybridized carbons (Fsp3) is 0.867. The van der Waals surface area contributed by atoms with Crippen LogP contribution < -0.4 is 5.32 Å². The minimum absolute atomic E-state index is 0.243. The van der Waals surface area contributed by atoms with Crippen molar-refractivity contribution in [1.82, 2.24) is 5.32 Å². The lowest BCUT2D eigenvalue weighted by Crippen LogP contribution is -2.26. The summed E-state index contributed by atoms with van der Waals surface area (Å²) in [5.74, 6) is 0.833. The number of allylic oxidation sites excluding steroid dienone is 1. The normalized spacial score (nSPS) is 11.9. The van der Waals surface area contributed by atoms with Crippen molar-refractivity contribution in [2.24, 2.45) is 11.3 Å². The molecule has 0 radical (unpaired) electrons. The highest BCUT2D eigenvalue weighted by Crippen LogP contribution is 2.28. The van der Waals surface area contributed by atoms with Crippen LogP contribution in [-0.4, -0.2) is 6.54 Å². The van der Waals surface area contributed by atoms with Gasteiger partial charge < -0.3 is 5.32 Å². The van der Waals surface area contributed by atoms with E-state index in [2.05, 4.69) is 46.5 Å². The fourth-order valence-electron chi connectivity index (χ4n) is 1.93. The summed E-state index contributed by atoms with van der Waals surface area (Å²) in [5, 5.41) is 3.49. The molecule has 0 aromatic rings. The van der Waals surface area contributed by atoms with E-state index in [-0.39, 0.29) is 5.41 Å². The highest BCUT2D eigenvalue weighted by Gasteiger charge is 2.19. The zero-order chi connectivity index (χ0) is 12.6. The molecular weight excluding hydrogens is 194 g/mol. The third kappa shape index (κ3) is 6.92. The number of unbranched alkanes of at least 4 members (excludes halogenated alkanes) is 1. The van der Waals surface area contributed by atoms with Gasteiger partial charge in [-0.3, -0.25) is 0 Å². The minimum atomic E-state index is 0.243. The second-order valence-electron chi connectivity index (χ2n) is 5.93. The third-order valence-corrected chi connectivity index (χ3v) is 3.24. The highest BCUT2D eigenvalue weighted by molar-refractivity contribution is 5.04. The van der Waals surface area contributed by atoms with Gasteiger partial charge in [-0.05, 0) is 18.8 Å². The molecule has 0 aliphatic heterocycles. The van der Waals surface area contributed by atoms with Crippen LogP contribution in [0.15, 0.2) is 12.3 Å². The molecule has 96 valence electrons. The predicted molar refractivity (Wildman–Crippen MR) is 74.5 cm³/mol. The molecule has 0 rings (SSSR count). The lowest BCUT2D eigenvalue weighted by atomic mass is 9.85. The molecule has 0 aliphatic carbocycles. The molecule has 0 aromatic carbocycles. The van der Waals surface area contributed by atoms with Gasteiger partial charge in [0, 0.05) is 17.7 Å². The van der Waals surface area contributed by atoms with Crippen molar-refractivity contribution in [3.63, 3.8) is 0 Å². The molecule has 0 unspecified atom stereocenters. The molecule has 0 heterocycles. The van der Waals surface area contributed by atoms with E-state index >= 15 is 0 Å². The number of hydrogen-bond acceptors (Lipinski definition) is 1. The predicted octanol–water partition coefficient (Wildman–Crippen LogP) is 4.74. The van der Waals surface area contributed by atoms with E-state index in [0.717, 1.165) is 12.5 Å². The molecule has 16 heavy (non-hydrogen) atoms. The Morgan fingerprint density at radius 3 is 2.38 bits per heavy atom. The molecule has 1 nitrogen and oxygen atoms in total. The van der Waals surface area contributed by atoms with E-state index in [1.807, 2.05) is 0 Å². The average molecular weight is 225 g/mol. The average Bonchev–Trinajstić information content (AvgIpc) is 2.16. The van der Waals surface area contributed by atoms with E-state index in [9.17, 15) is 0 Å². The Kier molecular flexibility index (Phi) is 7.53. The maximum absolute atomic E-state index is 4.17. The van der Waals surface area contributed by atoms with Crippen molar-refractivity contribution in [3.05, 3.63) is 12.3 Å². The van der Waals surface area contributed by atoms with Crippen LogP contribution in [0.25, 0.3) is 0 Å². The van der Waals surface area contributed by atoms with Crippen LogP contribution in [0.4, 0.5) is 0 Å². The van der Waals surface area contributed by atoms with Crippen LogP contribution in [0.3, 0.4) is 0 Å². The molecule has 0 aliphatic rings. The molecule has 0 atom stereocenters. The van der Waals surface area contributed by atoms with Gasteiger partial charge in [-0.15, -0.1) is 0 Å². The lowest BCUT2D eigenvalue weighted by molar-refractivity contribution is 0.374. The number of hydrogen-bond donors (Lipinski definition) is 1. The van der Waals surface area contributed by atoms with Crippen molar-refractivity contribution < 1.29 is 0 Å². The van der Waals surface area contributed by atoms with Crippen LogP contribution in [0.2, 0.25) is 0 Å². The fourth-order valence-corrected chi connectivity index (χ4v) is 1.93. The van der Waals surface area contributed by atoms with Crippen LogP contribution in [0, 0.1) is 11.3 Å². The summed E-state index contributed by atoms with van der Waals surface area (Å²) in [5.41, 5.74) is 1.45. The van der Waals surface area contributed by atoms with Crippen LogP contribution >= 0.6 is 0 Å². The van der Waals surface area contributed by atoms with Crippen molar-refractivity contribution in [1.29, 1.82) is 0 Å². The van der Waals surface area contributed by atoms with E-state index < -0.39 is 0 Å². The molecule has 1 N–H and O–H groups in total. The molecule has 0 aromatic heterocycles. The maximum atomic E-state index is 4.17. The summed E-state index contributed by atoms with van der Waals surface area (Å²) in [7, 11) is 0. The van der Waals surface area contributed by atoms with Gasteiger partial charge in [0.25, 0.3) is 0 Å². The summed E-state index contributed by atoms with van der Waals surface area (Å²) in [6.45, 7) is 16.6. The second kappa shape index (κ2) is 7.76. The topological polar surface area (TPSA) is 12.0 Å². The van der Waals surface area contributed by atoms with Gasteiger partial charge in [0.1, 0.15) is 0 Å². The zero-order valence-electron chi connectivity index (χ0n) is 12.0. The van der Waals surface area contributed by atoms with Crippen LogP contribution in [0.1, 0.15) is 66.7 Å². The van der Waals surface area contributed by atoms with Gasteiger partial charge in [0.05, 0.1) is 0 Å². The van der Waals surface area contributed by atoms with Crippen molar-refractivity contribution in [3.8, 4) is 0 Å². The van der Waals surface area contributed by atoms with E-state index in [0.29, 0.717) is 0 Å². The zero-order valence-corrected chi connectivity index (χ0v) is 12.0. The molecule has 0 fully saturated rings. The maximum Gasteiger partial charge on any atom is 0.0143 e. The first kappa shape index (κ1) is 15.5. The Morgan fingerprint density at radius 2 is 1.88 bits per heavy atom. The summed E-state index contributed by atoms with van der Waals surface area (Å²) >= 11 is 0. The van der Waals surface area contributed by atoms with Gasteiger partial charge in [-0.1, -0.05) is 60.5 Å². The van der Waals surface area contributed by atoms with Gasteiger partial charge in [0.2, 0.25) is 0 Å². The van der Waals surface area contributed by atoms with E-state index in [1.165, 1.54) is 37.8 Å². The van der Waals surface area contributed by atoms with Crippen molar-refractivity contribution in [2.75, 3.05) is 6.54 Å². The first-order valence-corrected chi connectivity index (χ1v) is 6.83. The monoisotopic (exact) mass is 225 g/mol. The van der Waals surface area contributed by atoms with Gasteiger partial charge in [0.15, 0.2) is 0 Å². The number of rotatable bonds is 9. The molecular formula is C15H31N. The van der Waals surface area contributed by atoms with Gasteiger partial charge in [-0.2, -0.15) is 0 Å². The summed E-state index contributed by atoms with van der Waals surface area (Å²) in [6.07, 6.45) is 6.37. The van der Waals surface area contributed by atoms with Crippen LogP contribution in [-0.2, 0) is 0 Å². The Morgan fingerprint density at radius 1 is 1.25 bits per heavy atom. The largest absolute Gasteiger partial charge is 0.388 e. The Labute approximate surface area is 103 Å². The van der Waals surface area contributed by atoms with Crippen molar-refractivity contribution >= 4 is 0 Å².